The van der Waals surface area contributed by atoms with Crippen LogP contribution < -0.4 is 4.90 Å². The molecule has 0 spiro atoms. The van der Waals surface area contributed by atoms with Crippen molar-refractivity contribution in [3.05, 3.63) is 42.0 Å². The summed E-state index contributed by atoms with van der Waals surface area (Å²) in [6.45, 7) is 0. The lowest BCUT2D eigenvalue weighted by Gasteiger charge is -2.21. The maximum absolute atomic E-state index is 12.7. The van der Waals surface area contributed by atoms with Crippen LogP contribution in [0.5, 0.6) is 0 Å². The minimum atomic E-state index is -4.66. The van der Waals surface area contributed by atoms with E-state index in [1.807, 2.05) is 19.0 Å². The van der Waals surface area contributed by atoms with E-state index in [2.05, 4.69) is 0 Å². The summed E-state index contributed by atoms with van der Waals surface area (Å²) < 4.78 is 38.0. The summed E-state index contributed by atoms with van der Waals surface area (Å²) >= 11 is 0. The van der Waals surface area contributed by atoms with E-state index in [4.69, 9.17) is 0 Å². The molecule has 2 rings (SSSR count). The summed E-state index contributed by atoms with van der Waals surface area (Å²) in [7, 11) is 3.64. The van der Waals surface area contributed by atoms with Crippen molar-refractivity contribution < 1.29 is 18.3 Å². The second-order valence-electron chi connectivity index (χ2n) is 4.56. The van der Waals surface area contributed by atoms with E-state index in [9.17, 15) is 18.3 Å². The Balaban J connectivity index is 2.69. The number of hydrogen-bond donors (Lipinski definition) is 1. The Kier molecular flexibility index (Phi) is 3.41. The summed E-state index contributed by atoms with van der Waals surface area (Å²) in [4.78, 5) is 1.83. The van der Waals surface area contributed by atoms with E-state index in [1.165, 1.54) is 6.07 Å². The molecule has 2 nitrogen and oxygen atoms in total. The smallest absolute Gasteiger partial charge is 0.379 e. The van der Waals surface area contributed by atoms with Crippen LogP contribution in [0, 0.1) is 0 Å². The highest BCUT2D eigenvalue weighted by molar-refractivity contribution is 5.96. The van der Waals surface area contributed by atoms with Gasteiger partial charge in [-0.05, 0) is 17.0 Å². The number of alkyl halides is 3. The SMILES string of the molecule is CN(C)c1ccc(C(O)C(F)(F)F)c2ccccc12. The van der Waals surface area contributed by atoms with Crippen LogP contribution in [0.2, 0.25) is 0 Å². The Bertz CT molecular complexity index is 593. The van der Waals surface area contributed by atoms with Gasteiger partial charge < -0.3 is 10.0 Å². The van der Waals surface area contributed by atoms with Gasteiger partial charge in [-0.25, -0.2) is 0 Å². The highest BCUT2D eigenvalue weighted by atomic mass is 19.4. The van der Waals surface area contributed by atoms with E-state index in [-0.39, 0.29) is 5.56 Å². The minimum absolute atomic E-state index is 0.117. The van der Waals surface area contributed by atoms with Gasteiger partial charge in [0, 0.05) is 25.2 Å². The Hall–Kier alpha value is -1.75. The zero-order valence-corrected chi connectivity index (χ0v) is 10.6. The molecule has 1 N–H and O–H groups in total. The van der Waals surface area contributed by atoms with E-state index in [1.54, 1.807) is 30.3 Å². The van der Waals surface area contributed by atoms with Crippen molar-refractivity contribution in [3.63, 3.8) is 0 Å². The molecule has 0 aromatic heterocycles. The van der Waals surface area contributed by atoms with Crippen molar-refractivity contribution in [2.75, 3.05) is 19.0 Å². The fraction of sp³-hybridized carbons (Fsp3) is 0.286. The van der Waals surface area contributed by atoms with Crippen LogP contribution in [0.15, 0.2) is 36.4 Å². The van der Waals surface area contributed by atoms with E-state index >= 15 is 0 Å². The molecule has 1 atom stereocenters. The Morgan fingerprint density at radius 2 is 1.58 bits per heavy atom. The van der Waals surface area contributed by atoms with Crippen molar-refractivity contribution in [2.45, 2.75) is 12.3 Å². The number of fused-ring (bicyclic) bond motifs is 1. The third-order valence-corrected chi connectivity index (χ3v) is 3.02. The van der Waals surface area contributed by atoms with Gasteiger partial charge in [0.1, 0.15) is 0 Å². The van der Waals surface area contributed by atoms with Crippen molar-refractivity contribution in [1.29, 1.82) is 0 Å². The highest BCUT2D eigenvalue weighted by Crippen LogP contribution is 2.38. The third-order valence-electron chi connectivity index (χ3n) is 3.02. The van der Waals surface area contributed by atoms with Gasteiger partial charge in [0.05, 0.1) is 0 Å². The molecule has 0 saturated heterocycles. The summed E-state index contributed by atoms with van der Waals surface area (Å²) in [6.07, 6.45) is -7.13. The molecule has 0 bridgehead atoms. The first kappa shape index (κ1) is 13.7. The van der Waals surface area contributed by atoms with Crippen LogP contribution >= 0.6 is 0 Å². The number of aliphatic hydroxyl groups is 1. The average molecular weight is 269 g/mol. The highest BCUT2D eigenvalue weighted by Gasteiger charge is 2.40. The molecule has 0 saturated carbocycles. The summed E-state index contributed by atoms with van der Waals surface area (Å²) in [5.74, 6) is 0. The lowest BCUT2D eigenvalue weighted by Crippen LogP contribution is -2.20. The van der Waals surface area contributed by atoms with Crippen LogP contribution in [-0.2, 0) is 0 Å². The van der Waals surface area contributed by atoms with Gasteiger partial charge in [0.25, 0.3) is 0 Å². The monoisotopic (exact) mass is 269 g/mol. The molecule has 2 aromatic carbocycles. The van der Waals surface area contributed by atoms with Gasteiger partial charge in [-0.1, -0.05) is 30.3 Å². The molecule has 0 amide bonds. The summed E-state index contributed by atoms with van der Waals surface area (Å²) in [5.41, 5.74) is 0.697. The molecule has 5 heteroatoms. The topological polar surface area (TPSA) is 23.5 Å². The van der Waals surface area contributed by atoms with Gasteiger partial charge in [0.15, 0.2) is 6.10 Å². The number of rotatable bonds is 2. The van der Waals surface area contributed by atoms with Gasteiger partial charge in [-0.3, -0.25) is 0 Å². The van der Waals surface area contributed by atoms with Gasteiger partial charge >= 0.3 is 6.18 Å². The fourth-order valence-electron chi connectivity index (χ4n) is 2.11. The second kappa shape index (κ2) is 4.74. The Morgan fingerprint density at radius 3 is 2.11 bits per heavy atom. The van der Waals surface area contributed by atoms with Gasteiger partial charge in [0.2, 0.25) is 0 Å². The van der Waals surface area contributed by atoms with E-state index in [0.717, 1.165) is 5.69 Å². The maximum Gasteiger partial charge on any atom is 0.418 e. The van der Waals surface area contributed by atoms with Crippen molar-refractivity contribution in [3.8, 4) is 0 Å². The second-order valence-corrected chi connectivity index (χ2v) is 4.56. The first-order valence-electron chi connectivity index (χ1n) is 5.76. The number of hydrogen-bond acceptors (Lipinski definition) is 2. The van der Waals surface area contributed by atoms with Crippen molar-refractivity contribution in [1.82, 2.24) is 0 Å². The zero-order valence-electron chi connectivity index (χ0n) is 10.6. The molecule has 0 radical (unpaired) electrons. The zero-order chi connectivity index (χ0) is 14.2. The molecule has 0 heterocycles. The molecule has 0 aliphatic carbocycles. The number of nitrogens with zero attached hydrogens (tertiary/aromatic N) is 1. The number of halogens is 3. The molecule has 0 aliphatic heterocycles. The van der Waals surface area contributed by atoms with Crippen LogP contribution in [-0.4, -0.2) is 25.4 Å². The van der Waals surface area contributed by atoms with Crippen molar-refractivity contribution in [2.24, 2.45) is 0 Å². The molecular weight excluding hydrogens is 255 g/mol. The molecule has 19 heavy (non-hydrogen) atoms. The fourth-order valence-corrected chi connectivity index (χ4v) is 2.11. The third kappa shape index (κ3) is 2.51. The number of benzene rings is 2. The molecule has 1 unspecified atom stereocenters. The van der Waals surface area contributed by atoms with Crippen LogP contribution in [0.4, 0.5) is 18.9 Å². The van der Waals surface area contributed by atoms with Gasteiger partial charge in [-0.15, -0.1) is 0 Å². The maximum atomic E-state index is 12.7. The first-order chi connectivity index (χ1) is 8.82. The molecular formula is C14H14F3NO. The van der Waals surface area contributed by atoms with Crippen LogP contribution in [0.1, 0.15) is 11.7 Å². The minimum Gasteiger partial charge on any atom is -0.379 e. The summed E-state index contributed by atoms with van der Waals surface area (Å²) in [6, 6.07) is 9.68. The van der Waals surface area contributed by atoms with E-state index < -0.39 is 12.3 Å². The first-order valence-corrected chi connectivity index (χ1v) is 5.76. The Labute approximate surface area is 109 Å². The standard InChI is InChI=1S/C14H14F3NO/c1-18(2)12-8-7-11(13(19)14(15,16)17)9-5-3-4-6-10(9)12/h3-8,13,19H,1-2H3. The lowest BCUT2D eigenvalue weighted by molar-refractivity contribution is -0.206. The van der Waals surface area contributed by atoms with Crippen molar-refractivity contribution >= 4 is 16.5 Å². The quantitative estimate of drug-likeness (QED) is 0.902. The molecule has 0 fully saturated rings. The molecule has 2 aromatic rings. The molecule has 0 aliphatic rings. The number of aliphatic hydroxyl groups excluding tert-OH is 1. The Morgan fingerprint density at radius 1 is 1.00 bits per heavy atom. The molecule has 102 valence electrons. The van der Waals surface area contributed by atoms with E-state index in [0.29, 0.717) is 10.8 Å². The normalized spacial score (nSPS) is 13.6. The summed E-state index contributed by atoms with van der Waals surface area (Å²) in [5, 5.41) is 10.5. The average Bonchev–Trinajstić information content (AvgIpc) is 2.35. The van der Waals surface area contributed by atoms with Crippen LogP contribution in [0.3, 0.4) is 0 Å². The predicted molar refractivity (Wildman–Crippen MR) is 69.3 cm³/mol. The predicted octanol–water partition coefficient (Wildman–Crippen LogP) is 3.50. The van der Waals surface area contributed by atoms with Crippen LogP contribution in [0.25, 0.3) is 10.8 Å². The lowest BCUT2D eigenvalue weighted by atomic mass is 9.98. The van der Waals surface area contributed by atoms with Gasteiger partial charge in [-0.2, -0.15) is 13.2 Å². The largest absolute Gasteiger partial charge is 0.418 e. The number of anilines is 1.